The van der Waals surface area contributed by atoms with E-state index in [4.69, 9.17) is 11.6 Å². The molecule has 4 rings (SSSR count). The molecule has 0 radical (unpaired) electrons. The molecule has 2 heterocycles. The zero-order valence-electron chi connectivity index (χ0n) is 18.6. The lowest BCUT2D eigenvalue weighted by Gasteiger charge is -2.37. The topological polar surface area (TPSA) is 63.1 Å². The molecule has 0 aliphatic heterocycles. The van der Waals surface area contributed by atoms with Gasteiger partial charge < -0.3 is 10.2 Å². The van der Waals surface area contributed by atoms with Crippen molar-refractivity contribution in [1.29, 1.82) is 0 Å². The average molecular weight is 480 g/mol. The van der Waals surface area contributed by atoms with Crippen molar-refractivity contribution in [1.82, 2.24) is 20.1 Å². The Labute approximate surface area is 194 Å². The highest BCUT2D eigenvalue weighted by atomic mass is 35.5. The monoisotopic (exact) mass is 479 g/mol. The Morgan fingerprint density at radius 3 is 2.52 bits per heavy atom. The number of hydrogen-bond donors (Lipinski definition) is 1. The lowest BCUT2D eigenvalue weighted by Crippen LogP contribution is -2.43. The van der Waals surface area contributed by atoms with Crippen molar-refractivity contribution in [2.45, 2.75) is 50.9 Å². The molecule has 1 amide bonds. The lowest BCUT2D eigenvalue weighted by atomic mass is 9.89. The van der Waals surface area contributed by atoms with Crippen LogP contribution in [0.2, 0.25) is 5.02 Å². The first-order valence-corrected chi connectivity index (χ1v) is 11.1. The number of halogens is 4. The number of alkyl halides is 3. The number of carbonyl (C=O) groups excluding carboxylic acids is 1. The molecule has 1 aliphatic rings. The number of anilines is 1. The molecule has 176 valence electrons. The molecule has 33 heavy (non-hydrogen) atoms. The Morgan fingerprint density at radius 2 is 1.91 bits per heavy atom. The van der Waals surface area contributed by atoms with Crippen LogP contribution in [0.4, 0.5) is 18.9 Å². The highest BCUT2D eigenvalue weighted by Gasteiger charge is 2.35. The normalized spacial score (nSPS) is 19.0. The third-order valence-corrected chi connectivity index (χ3v) is 6.46. The maximum absolute atomic E-state index is 13.5. The third kappa shape index (κ3) is 4.93. The number of rotatable bonds is 4. The van der Waals surface area contributed by atoms with Crippen LogP contribution in [-0.4, -0.2) is 39.8 Å². The fourth-order valence-electron chi connectivity index (χ4n) is 4.51. The summed E-state index contributed by atoms with van der Waals surface area (Å²) in [6.45, 7) is 1.84. The van der Waals surface area contributed by atoms with Crippen LogP contribution in [0.5, 0.6) is 0 Å². The second-order valence-corrected chi connectivity index (χ2v) is 9.05. The van der Waals surface area contributed by atoms with Gasteiger partial charge in [0.05, 0.1) is 5.52 Å². The molecule has 2 aromatic heterocycles. The molecule has 0 unspecified atom stereocenters. The molecular formula is C23H25ClF3N5O. The molecule has 1 aromatic carbocycles. The van der Waals surface area contributed by atoms with E-state index in [9.17, 15) is 18.0 Å². The predicted molar refractivity (Wildman–Crippen MR) is 122 cm³/mol. The number of amides is 1. The molecule has 10 heteroatoms. The Kier molecular flexibility index (Phi) is 6.26. The highest BCUT2D eigenvalue weighted by molar-refractivity contribution is 6.31. The molecule has 3 aromatic rings. The van der Waals surface area contributed by atoms with Gasteiger partial charge in [0.1, 0.15) is 5.69 Å². The number of fused-ring (bicyclic) bond motifs is 1. The van der Waals surface area contributed by atoms with Crippen molar-refractivity contribution < 1.29 is 18.0 Å². The van der Waals surface area contributed by atoms with Gasteiger partial charge in [-0.2, -0.15) is 18.3 Å². The number of nitrogens with zero attached hydrogens (tertiary/aromatic N) is 4. The minimum atomic E-state index is -4.55. The van der Waals surface area contributed by atoms with Gasteiger partial charge in [-0.15, -0.1) is 0 Å². The van der Waals surface area contributed by atoms with Crippen molar-refractivity contribution in [3.8, 4) is 0 Å². The molecule has 1 saturated carbocycles. The van der Waals surface area contributed by atoms with E-state index >= 15 is 0 Å². The van der Waals surface area contributed by atoms with Crippen LogP contribution in [-0.2, 0) is 13.2 Å². The highest BCUT2D eigenvalue weighted by Crippen LogP contribution is 2.37. The molecule has 0 saturated heterocycles. The quantitative estimate of drug-likeness (QED) is 0.563. The van der Waals surface area contributed by atoms with Crippen molar-refractivity contribution in [3.05, 3.63) is 52.4 Å². The van der Waals surface area contributed by atoms with Crippen molar-refractivity contribution >= 4 is 34.1 Å². The molecule has 0 spiro atoms. The van der Waals surface area contributed by atoms with Crippen LogP contribution in [0.25, 0.3) is 10.9 Å². The smallest absolute Gasteiger partial charge is 0.371 e. The van der Waals surface area contributed by atoms with E-state index < -0.39 is 11.9 Å². The van der Waals surface area contributed by atoms with Crippen molar-refractivity contribution in [3.63, 3.8) is 0 Å². The average Bonchev–Trinajstić information content (AvgIpc) is 3.10. The molecule has 1 N–H and O–H groups in total. The fourth-order valence-corrected chi connectivity index (χ4v) is 4.68. The first-order chi connectivity index (χ1) is 15.5. The Bertz CT molecular complexity index is 1180. The minimum Gasteiger partial charge on any atom is -0.371 e. The van der Waals surface area contributed by atoms with E-state index in [1.165, 1.54) is 12.1 Å². The summed E-state index contributed by atoms with van der Waals surface area (Å²) in [7, 11) is 3.57. The lowest BCUT2D eigenvalue weighted by molar-refractivity contribution is -0.140. The predicted octanol–water partition coefficient (Wildman–Crippen LogP) is 5.13. The van der Waals surface area contributed by atoms with Crippen molar-refractivity contribution in [2.24, 2.45) is 7.05 Å². The number of aromatic nitrogens is 3. The van der Waals surface area contributed by atoms with E-state index in [-0.39, 0.29) is 23.5 Å². The van der Waals surface area contributed by atoms with E-state index in [1.807, 2.05) is 11.8 Å². The molecular weight excluding hydrogens is 455 g/mol. The zero-order chi connectivity index (χ0) is 23.9. The summed E-state index contributed by atoms with van der Waals surface area (Å²) in [6, 6.07) is 5.82. The molecule has 1 fully saturated rings. The van der Waals surface area contributed by atoms with Gasteiger partial charge in [0.15, 0.2) is 5.69 Å². The molecule has 1 aliphatic carbocycles. The summed E-state index contributed by atoms with van der Waals surface area (Å²) in [5.74, 6) is -0.200. The summed E-state index contributed by atoms with van der Waals surface area (Å²) in [6.07, 6.45) is 0.157. The molecule has 6 nitrogen and oxygen atoms in total. The van der Waals surface area contributed by atoms with E-state index in [2.05, 4.69) is 15.4 Å². The summed E-state index contributed by atoms with van der Waals surface area (Å²) >= 11 is 6.13. The van der Waals surface area contributed by atoms with E-state index in [1.54, 1.807) is 31.0 Å². The first-order valence-electron chi connectivity index (χ1n) is 10.7. The number of pyridine rings is 1. The fraction of sp³-hybridized carbons (Fsp3) is 0.435. The van der Waals surface area contributed by atoms with Crippen LogP contribution < -0.4 is 10.2 Å². The minimum absolute atomic E-state index is 0.00193. The van der Waals surface area contributed by atoms with Gasteiger partial charge >= 0.3 is 6.18 Å². The number of benzene rings is 1. The Balaban J connectivity index is 1.50. The van der Waals surface area contributed by atoms with Crippen LogP contribution in [0.1, 0.15) is 47.4 Å². The second-order valence-electron chi connectivity index (χ2n) is 8.61. The Morgan fingerprint density at radius 1 is 1.21 bits per heavy atom. The Hall–Kier alpha value is -2.81. The van der Waals surface area contributed by atoms with E-state index in [0.717, 1.165) is 37.3 Å². The maximum Gasteiger partial charge on any atom is 0.433 e. The van der Waals surface area contributed by atoms with Gasteiger partial charge in [0.25, 0.3) is 5.91 Å². The zero-order valence-corrected chi connectivity index (χ0v) is 19.3. The van der Waals surface area contributed by atoms with E-state index in [0.29, 0.717) is 21.8 Å². The van der Waals surface area contributed by atoms with Gasteiger partial charge in [0, 0.05) is 54.0 Å². The number of aryl methyl sites for hydroxylation is 2. The van der Waals surface area contributed by atoms with Gasteiger partial charge in [-0.25, -0.2) is 4.98 Å². The second kappa shape index (κ2) is 8.85. The van der Waals surface area contributed by atoms with Crippen molar-refractivity contribution in [2.75, 3.05) is 11.9 Å². The van der Waals surface area contributed by atoms with Crippen LogP contribution in [0, 0.1) is 6.92 Å². The van der Waals surface area contributed by atoms with Crippen LogP contribution >= 0.6 is 11.6 Å². The van der Waals surface area contributed by atoms with Gasteiger partial charge in [-0.1, -0.05) is 11.6 Å². The summed E-state index contributed by atoms with van der Waals surface area (Å²) in [4.78, 5) is 18.2. The van der Waals surface area contributed by atoms with Gasteiger partial charge in [-0.3, -0.25) is 9.48 Å². The largest absolute Gasteiger partial charge is 0.433 e. The summed E-state index contributed by atoms with van der Waals surface area (Å²) < 4.78 is 42.0. The van der Waals surface area contributed by atoms with Gasteiger partial charge in [0.2, 0.25) is 0 Å². The maximum atomic E-state index is 13.5. The van der Waals surface area contributed by atoms with Gasteiger partial charge in [-0.05, 0) is 56.9 Å². The number of carbonyl (C=O) groups is 1. The summed E-state index contributed by atoms with van der Waals surface area (Å²) in [5, 5.41) is 8.28. The standard InChI is InChI=1S/C23H25ClF3N5O/c1-13-12-31(2)30-21(13)22(33)28-15-5-7-16(8-6-15)32(3)19-11-20(23(25,26)27)29-18-9-4-14(24)10-17(18)19/h4,9-12,15-16H,5-8H2,1-3H3,(H,28,33). The number of nitrogens with one attached hydrogen (secondary N) is 1. The summed E-state index contributed by atoms with van der Waals surface area (Å²) in [5.41, 5.74) is 1.00. The number of hydrogen-bond acceptors (Lipinski definition) is 4. The SMILES string of the molecule is Cc1cn(C)nc1C(=O)NC1CCC(N(C)c2cc(C(F)(F)F)nc3ccc(Cl)cc23)CC1. The first kappa shape index (κ1) is 23.4. The van der Waals surface area contributed by atoms with Crippen LogP contribution in [0.3, 0.4) is 0 Å². The molecule has 0 bridgehead atoms. The van der Waals surface area contributed by atoms with Crippen LogP contribution in [0.15, 0.2) is 30.5 Å². The third-order valence-electron chi connectivity index (χ3n) is 6.23. The molecule has 0 atom stereocenters.